The number of nitrogens with zero attached hydrogens (tertiary/aromatic N) is 1. The summed E-state index contributed by atoms with van der Waals surface area (Å²) in [5.41, 5.74) is 1.88. The third-order valence-corrected chi connectivity index (χ3v) is 9.55. The largest absolute Gasteiger partial charge is 0.493 e. The predicted octanol–water partition coefficient (Wildman–Crippen LogP) is 1.99. The van der Waals surface area contributed by atoms with E-state index in [-0.39, 0.29) is 42.7 Å². The van der Waals surface area contributed by atoms with E-state index in [1.54, 1.807) is 14.2 Å². The van der Waals surface area contributed by atoms with Crippen molar-refractivity contribution in [2.45, 2.75) is 56.3 Å². The highest BCUT2D eigenvalue weighted by Crippen LogP contribution is 2.68. The minimum absolute atomic E-state index is 0.0289. The van der Waals surface area contributed by atoms with Crippen LogP contribution in [0.1, 0.15) is 37.3 Å². The number of piperidine rings is 1. The van der Waals surface area contributed by atoms with Crippen LogP contribution in [0.3, 0.4) is 0 Å². The van der Waals surface area contributed by atoms with Crippen LogP contribution in [0, 0.1) is 23.2 Å². The van der Waals surface area contributed by atoms with E-state index in [2.05, 4.69) is 17.9 Å². The van der Waals surface area contributed by atoms with Crippen LogP contribution in [-0.4, -0.2) is 73.9 Å². The molecule has 2 bridgehead atoms. The maximum absolute atomic E-state index is 10.7. The van der Waals surface area contributed by atoms with Crippen molar-refractivity contribution in [3.63, 3.8) is 0 Å². The van der Waals surface area contributed by atoms with E-state index in [9.17, 15) is 10.2 Å². The van der Waals surface area contributed by atoms with Crippen LogP contribution in [0.4, 0.5) is 0 Å². The third kappa shape index (κ3) is 2.42. The first kappa shape index (κ1) is 20.3. The van der Waals surface area contributed by atoms with Gasteiger partial charge in [-0.3, -0.25) is 4.90 Å². The standard InChI is InChI=1S/C25H35NO5/c1-24(13-28)16(12-27)20-17-10-15-6-7-18(29-2)21-19(15)25(20,23(31-21)22(24)30-3)8-9-26(17)11-14-4-5-14/h6-7,14,16-17,20,22-23,27-28H,4-5,8-13H2,1-3H3. The average molecular weight is 430 g/mol. The van der Waals surface area contributed by atoms with Gasteiger partial charge in [-0.25, -0.2) is 0 Å². The summed E-state index contributed by atoms with van der Waals surface area (Å²) in [6.07, 6.45) is 4.16. The molecule has 1 spiro atoms. The van der Waals surface area contributed by atoms with Gasteiger partial charge in [0.2, 0.25) is 0 Å². The van der Waals surface area contributed by atoms with Crippen molar-refractivity contribution in [1.82, 2.24) is 4.90 Å². The van der Waals surface area contributed by atoms with Gasteiger partial charge in [0, 0.05) is 42.7 Å². The van der Waals surface area contributed by atoms with Crippen LogP contribution in [0.25, 0.3) is 0 Å². The van der Waals surface area contributed by atoms with Gasteiger partial charge in [-0.2, -0.15) is 0 Å². The summed E-state index contributed by atoms with van der Waals surface area (Å²) < 4.78 is 18.6. The molecule has 170 valence electrons. The summed E-state index contributed by atoms with van der Waals surface area (Å²) in [7, 11) is 3.42. The quantitative estimate of drug-likeness (QED) is 0.721. The van der Waals surface area contributed by atoms with Crippen molar-refractivity contribution in [1.29, 1.82) is 0 Å². The normalized spacial score (nSPS) is 42.8. The molecule has 0 amide bonds. The van der Waals surface area contributed by atoms with Gasteiger partial charge in [-0.15, -0.1) is 0 Å². The van der Waals surface area contributed by atoms with Crippen molar-refractivity contribution >= 4 is 0 Å². The predicted molar refractivity (Wildman–Crippen MR) is 116 cm³/mol. The lowest BCUT2D eigenvalue weighted by Gasteiger charge is -2.66. The second-order valence-corrected chi connectivity index (χ2v) is 10.8. The molecule has 7 atom stereocenters. The molecule has 31 heavy (non-hydrogen) atoms. The summed E-state index contributed by atoms with van der Waals surface area (Å²) in [4.78, 5) is 2.70. The van der Waals surface area contributed by atoms with E-state index in [0.717, 1.165) is 43.3 Å². The number of likely N-dealkylation sites (tertiary alicyclic amines) is 1. The number of aliphatic hydroxyl groups is 2. The Labute approximate surface area is 184 Å². The third-order valence-electron chi connectivity index (χ3n) is 9.55. The van der Waals surface area contributed by atoms with E-state index in [1.165, 1.54) is 24.0 Å². The van der Waals surface area contributed by atoms with Crippen molar-refractivity contribution in [2.24, 2.45) is 23.2 Å². The summed E-state index contributed by atoms with van der Waals surface area (Å²) in [5.74, 6) is 2.63. The Balaban J connectivity index is 1.58. The highest BCUT2D eigenvalue weighted by Gasteiger charge is 2.73. The smallest absolute Gasteiger partial charge is 0.165 e. The van der Waals surface area contributed by atoms with Crippen LogP contribution < -0.4 is 9.47 Å². The molecule has 1 saturated heterocycles. The van der Waals surface area contributed by atoms with Gasteiger partial charge in [0.1, 0.15) is 12.2 Å². The Bertz CT molecular complexity index is 887. The molecule has 7 unspecified atom stereocenters. The Morgan fingerprint density at radius 1 is 1.23 bits per heavy atom. The van der Waals surface area contributed by atoms with Gasteiger partial charge in [-0.1, -0.05) is 13.0 Å². The number of rotatable bonds is 6. The van der Waals surface area contributed by atoms with Gasteiger partial charge >= 0.3 is 0 Å². The molecule has 2 N–H and O–H groups in total. The monoisotopic (exact) mass is 429 g/mol. The number of hydrogen-bond acceptors (Lipinski definition) is 6. The molecule has 6 rings (SSSR count). The van der Waals surface area contributed by atoms with Gasteiger partial charge in [0.15, 0.2) is 11.5 Å². The summed E-state index contributed by atoms with van der Waals surface area (Å²) in [6.45, 7) is 4.31. The van der Waals surface area contributed by atoms with Crippen LogP contribution in [-0.2, 0) is 16.6 Å². The van der Waals surface area contributed by atoms with Crippen LogP contribution in [0.15, 0.2) is 12.1 Å². The Hall–Kier alpha value is -1.34. The maximum atomic E-state index is 10.7. The Morgan fingerprint density at radius 2 is 2.03 bits per heavy atom. The van der Waals surface area contributed by atoms with Crippen molar-refractivity contribution < 1.29 is 24.4 Å². The first-order valence-electron chi connectivity index (χ1n) is 11.9. The minimum atomic E-state index is -0.573. The second-order valence-electron chi connectivity index (χ2n) is 10.8. The maximum Gasteiger partial charge on any atom is 0.165 e. The molecule has 6 heteroatoms. The molecule has 1 aromatic rings. The molecule has 1 aromatic carbocycles. The SMILES string of the molecule is COc1ccc2c3c1OC1C(OC)C(C)(CO)C(CO)C4C(C2)N(CC2CC2)CCC314. The van der Waals surface area contributed by atoms with E-state index in [1.807, 2.05) is 6.07 Å². The zero-order chi connectivity index (χ0) is 21.5. The minimum Gasteiger partial charge on any atom is -0.493 e. The number of benzene rings is 1. The van der Waals surface area contributed by atoms with Gasteiger partial charge in [0.05, 0.1) is 13.7 Å². The second kappa shape index (κ2) is 6.83. The Morgan fingerprint density at radius 3 is 2.68 bits per heavy atom. The molecule has 3 aliphatic carbocycles. The summed E-state index contributed by atoms with van der Waals surface area (Å²) in [6, 6.07) is 4.62. The van der Waals surface area contributed by atoms with Crippen molar-refractivity contribution in [2.75, 3.05) is 40.5 Å². The molecule has 0 aromatic heterocycles. The molecule has 6 nitrogen and oxygen atoms in total. The fourth-order valence-corrected chi connectivity index (χ4v) is 7.98. The molecular formula is C25H35NO5. The summed E-state index contributed by atoms with van der Waals surface area (Å²) >= 11 is 0. The first-order valence-corrected chi connectivity index (χ1v) is 11.9. The zero-order valence-electron chi connectivity index (χ0n) is 18.8. The molecule has 2 saturated carbocycles. The van der Waals surface area contributed by atoms with Crippen LogP contribution >= 0.6 is 0 Å². The van der Waals surface area contributed by atoms with E-state index in [4.69, 9.17) is 14.2 Å². The molecule has 3 fully saturated rings. The fraction of sp³-hybridized carbons (Fsp3) is 0.760. The van der Waals surface area contributed by atoms with Crippen LogP contribution in [0.2, 0.25) is 0 Å². The van der Waals surface area contributed by atoms with Crippen LogP contribution in [0.5, 0.6) is 11.5 Å². The highest BCUT2D eigenvalue weighted by molar-refractivity contribution is 5.61. The molecule has 0 radical (unpaired) electrons. The van der Waals surface area contributed by atoms with E-state index < -0.39 is 5.41 Å². The highest BCUT2D eigenvalue weighted by atomic mass is 16.6. The number of methoxy groups -OCH3 is 2. The lowest BCUT2D eigenvalue weighted by molar-refractivity contribution is -0.221. The Kier molecular flexibility index (Phi) is 4.47. The van der Waals surface area contributed by atoms with Gasteiger partial charge in [0.25, 0.3) is 0 Å². The van der Waals surface area contributed by atoms with E-state index >= 15 is 0 Å². The zero-order valence-corrected chi connectivity index (χ0v) is 18.8. The number of ether oxygens (including phenoxy) is 3. The number of hydrogen-bond donors (Lipinski definition) is 2. The molecule has 5 aliphatic rings. The number of aliphatic hydroxyl groups excluding tert-OH is 2. The topological polar surface area (TPSA) is 71.4 Å². The first-order chi connectivity index (χ1) is 15.0. The van der Waals surface area contributed by atoms with E-state index in [0.29, 0.717) is 6.04 Å². The average Bonchev–Trinajstić information content (AvgIpc) is 3.53. The molecule has 2 aliphatic heterocycles. The summed E-state index contributed by atoms with van der Waals surface area (Å²) in [5, 5.41) is 21.4. The molecular weight excluding hydrogens is 394 g/mol. The lowest BCUT2D eigenvalue weighted by atomic mass is 9.43. The van der Waals surface area contributed by atoms with Crippen molar-refractivity contribution in [3.05, 3.63) is 23.3 Å². The fourth-order valence-electron chi connectivity index (χ4n) is 7.98. The molecule has 2 heterocycles. The van der Waals surface area contributed by atoms with Crippen molar-refractivity contribution in [3.8, 4) is 11.5 Å². The lowest BCUT2D eigenvalue weighted by Crippen LogP contribution is -2.75. The van der Waals surface area contributed by atoms with Gasteiger partial charge < -0.3 is 24.4 Å². The van der Waals surface area contributed by atoms with Gasteiger partial charge in [-0.05, 0) is 61.6 Å².